The van der Waals surface area contributed by atoms with Crippen molar-refractivity contribution in [3.8, 4) is 5.69 Å². The molecule has 3 rings (SSSR count). The van der Waals surface area contributed by atoms with Crippen LogP contribution in [0.2, 0.25) is 0 Å². The fourth-order valence-electron chi connectivity index (χ4n) is 3.49. The Kier molecular flexibility index (Phi) is 7.94. The second kappa shape index (κ2) is 10.7. The highest BCUT2D eigenvalue weighted by molar-refractivity contribution is 5.96. The number of aryl methyl sites for hydroxylation is 1. The molecule has 0 aliphatic heterocycles. The number of para-hydroxylation sites is 1. The first-order chi connectivity index (χ1) is 16.4. The van der Waals surface area contributed by atoms with Gasteiger partial charge in [0.2, 0.25) is 5.91 Å². The molecule has 0 saturated heterocycles. The van der Waals surface area contributed by atoms with Crippen LogP contribution in [0.5, 0.6) is 0 Å². The minimum atomic E-state index is -0.540. The highest BCUT2D eigenvalue weighted by atomic mass is 19.1. The normalized spacial score (nSPS) is 11.4. The van der Waals surface area contributed by atoms with Crippen LogP contribution < -0.4 is 10.6 Å². The zero-order valence-corrected chi connectivity index (χ0v) is 21.2. The number of carbonyl (C=O) groups is 2. The first kappa shape index (κ1) is 25.9. The van der Waals surface area contributed by atoms with Crippen molar-refractivity contribution in [3.63, 3.8) is 0 Å². The number of urea groups is 1. The number of hydrogen-bond donors (Lipinski definition) is 2. The number of amides is 3. The van der Waals surface area contributed by atoms with Gasteiger partial charge in [0.1, 0.15) is 18.2 Å². The van der Waals surface area contributed by atoms with Gasteiger partial charge in [0.25, 0.3) is 0 Å². The minimum absolute atomic E-state index is 0.0685. The third-order valence-corrected chi connectivity index (χ3v) is 5.35. The van der Waals surface area contributed by atoms with Gasteiger partial charge in [0, 0.05) is 18.0 Å². The molecular weight excluding hydrogens is 445 g/mol. The second-order valence-corrected chi connectivity index (χ2v) is 10.1. The van der Waals surface area contributed by atoms with Crippen LogP contribution in [0.3, 0.4) is 0 Å². The number of benzene rings is 2. The lowest BCUT2D eigenvalue weighted by atomic mass is 9.92. The molecule has 1 aromatic heterocycles. The van der Waals surface area contributed by atoms with Crippen molar-refractivity contribution in [3.05, 3.63) is 71.7 Å². The Balaban J connectivity index is 1.82. The maximum Gasteiger partial charge on any atom is 0.322 e. The molecule has 3 amide bonds. The molecule has 0 fully saturated rings. The highest BCUT2D eigenvalue weighted by Gasteiger charge is 2.24. The van der Waals surface area contributed by atoms with E-state index in [0.717, 1.165) is 16.9 Å². The third kappa shape index (κ3) is 6.91. The van der Waals surface area contributed by atoms with Gasteiger partial charge in [-0.25, -0.2) is 13.9 Å². The average molecular weight is 480 g/mol. The summed E-state index contributed by atoms with van der Waals surface area (Å²) in [5.41, 5.74) is 2.60. The number of rotatable bonds is 7. The molecule has 0 aliphatic carbocycles. The number of aromatic nitrogens is 2. The van der Waals surface area contributed by atoms with Gasteiger partial charge in [-0.2, -0.15) is 5.10 Å². The molecule has 0 spiro atoms. The van der Waals surface area contributed by atoms with Crippen molar-refractivity contribution in [1.82, 2.24) is 14.7 Å². The molecule has 7 nitrogen and oxygen atoms in total. The molecule has 0 bridgehead atoms. The minimum Gasteiger partial charge on any atom is -0.315 e. The second-order valence-electron chi connectivity index (χ2n) is 10.1. The Morgan fingerprint density at radius 2 is 1.71 bits per heavy atom. The topological polar surface area (TPSA) is 79.3 Å². The van der Waals surface area contributed by atoms with Gasteiger partial charge >= 0.3 is 6.03 Å². The molecule has 1 heterocycles. The molecule has 8 heteroatoms. The number of hydrogen-bond acceptors (Lipinski definition) is 3. The molecular formula is C27H34FN5O2. The number of carbonyl (C=O) groups excluding carboxylic acids is 2. The summed E-state index contributed by atoms with van der Waals surface area (Å²) in [6.07, 6.45) is 0. The Morgan fingerprint density at radius 1 is 1.06 bits per heavy atom. The van der Waals surface area contributed by atoms with E-state index in [0.29, 0.717) is 12.4 Å². The molecule has 2 N–H and O–H groups in total. The van der Waals surface area contributed by atoms with Gasteiger partial charge < -0.3 is 15.5 Å². The summed E-state index contributed by atoms with van der Waals surface area (Å²) < 4.78 is 15.7. The van der Waals surface area contributed by atoms with E-state index in [1.165, 1.54) is 17.0 Å². The fraction of sp³-hybridized carbons (Fsp3) is 0.370. The van der Waals surface area contributed by atoms with E-state index in [1.54, 1.807) is 16.8 Å². The number of halogens is 1. The van der Waals surface area contributed by atoms with Crippen LogP contribution in [-0.2, 0) is 10.2 Å². The predicted octanol–water partition coefficient (Wildman–Crippen LogP) is 5.75. The van der Waals surface area contributed by atoms with Gasteiger partial charge in [-0.3, -0.25) is 4.79 Å². The number of nitrogens with one attached hydrogen (secondary N) is 2. The maximum absolute atomic E-state index is 14.0. The van der Waals surface area contributed by atoms with Gasteiger partial charge in [-0.1, -0.05) is 64.4 Å². The Hall–Kier alpha value is -3.68. The van der Waals surface area contributed by atoms with Gasteiger partial charge in [0.15, 0.2) is 0 Å². The van der Waals surface area contributed by atoms with E-state index in [2.05, 4.69) is 31.4 Å². The van der Waals surface area contributed by atoms with E-state index < -0.39 is 11.8 Å². The van der Waals surface area contributed by atoms with Crippen LogP contribution in [0, 0.1) is 18.7 Å². The summed E-state index contributed by atoms with van der Waals surface area (Å²) in [6.45, 7) is 12.2. The SMILES string of the molecule is Cc1ccc(-n2nc(C(C)(C)C)cc2NC(=O)CN(CC(C)C)C(=O)Nc2ccccc2F)cc1. The fourth-order valence-corrected chi connectivity index (χ4v) is 3.49. The van der Waals surface area contributed by atoms with Crippen molar-refractivity contribution in [2.45, 2.75) is 47.0 Å². The Labute approximate surface area is 206 Å². The third-order valence-electron chi connectivity index (χ3n) is 5.35. The molecule has 0 atom stereocenters. The number of anilines is 2. The summed E-state index contributed by atoms with van der Waals surface area (Å²) in [4.78, 5) is 27.4. The molecule has 186 valence electrons. The highest BCUT2D eigenvalue weighted by Crippen LogP contribution is 2.26. The lowest BCUT2D eigenvalue weighted by Gasteiger charge is -2.24. The quantitative estimate of drug-likeness (QED) is 0.453. The van der Waals surface area contributed by atoms with E-state index in [-0.39, 0.29) is 29.5 Å². The average Bonchev–Trinajstić information content (AvgIpc) is 3.19. The van der Waals surface area contributed by atoms with Crippen LogP contribution in [0.1, 0.15) is 45.9 Å². The largest absolute Gasteiger partial charge is 0.322 e. The van der Waals surface area contributed by atoms with Crippen LogP contribution in [-0.4, -0.2) is 39.7 Å². The van der Waals surface area contributed by atoms with E-state index in [4.69, 9.17) is 5.10 Å². The van der Waals surface area contributed by atoms with Crippen molar-refractivity contribution >= 4 is 23.4 Å². The van der Waals surface area contributed by atoms with Crippen LogP contribution >= 0.6 is 0 Å². The van der Waals surface area contributed by atoms with Crippen molar-refractivity contribution in [2.24, 2.45) is 5.92 Å². The molecule has 2 aromatic carbocycles. The maximum atomic E-state index is 14.0. The summed E-state index contributed by atoms with van der Waals surface area (Å²) in [5.74, 6) is -0.280. The van der Waals surface area contributed by atoms with Crippen molar-refractivity contribution in [2.75, 3.05) is 23.7 Å². The zero-order valence-electron chi connectivity index (χ0n) is 21.2. The van der Waals surface area contributed by atoms with Gasteiger partial charge in [-0.05, 0) is 37.1 Å². The number of nitrogens with zero attached hydrogens (tertiary/aromatic N) is 3. The van der Waals surface area contributed by atoms with Gasteiger partial charge in [-0.15, -0.1) is 0 Å². The first-order valence-electron chi connectivity index (χ1n) is 11.7. The standard InChI is InChI=1S/C27H34FN5O2/c1-18(2)16-32(26(35)29-22-10-8-7-9-21(22)28)17-25(34)30-24-15-23(27(4,5)6)31-33(24)20-13-11-19(3)12-14-20/h7-15,18H,16-17H2,1-6H3,(H,29,35)(H,30,34). The van der Waals surface area contributed by atoms with E-state index >= 15 is 0 Å². The van der Waals surface area contributed by atoms with E-state index in [1.807, 2.05) is 51.1 Å². The smallest absolute Gasteiger partial charge is 0.315 e. The monoisotopic (exact) mass is 479 g/mol. The molecule has 0 saturated carbocycles. The van der Waals surface area contributed by atoms with Gasteiger partial charge in [0.05, 0.1) is 17.1 Å². The summed E-state index contributed by atoms with van der Waals surface area (Å²) in [5, 5.41) is 10.2. The lowest BCUT2D eigenvalue weighted by Crippen LogP contribution is -2.42. The first-order valence-corrected chi connectivity index (χ1v) is 11.7. The summed E-state index contributed by atoms with van der Waals surface area (Å²) in [6, 6.07) is 15.1. The summed E-state index contributed by atoms with van der Waals surface area (Å²) in [7, 11) is 0. The summed E-state index contributed by atoms with van der Waals surface area (Å²) >= 11 is 0. The predicted molar refractivity (Wildman–Crippen MR) is 137 cm³/mol. The zero-order chi connectivity index (χ0) is 25.8. The lowest BCUT2D eigenvalue weighted by molar-refractivity contribution is -0.116. The Morgan fingerprint density at radius 3 is 2.31 bits per heavy atom. The van der Waals surface area contributed by atoms with E-state index in [9.17, 15) is 14.0 Å². The van der Waals surface area contributed by atoms with Crippen molar-refractivity contribution in [1.29, 1.82) is 0 Å². The molecule has 35 heavy (non-hydrogen) atoms. The van der Waals surface area contributed by atoms with Crippen LogP contribution in [0.15, 0.2) is 54.6 Å². The van der Waals surface area contributed by atoms with Crippen LogP contribution in [0.4, 0.5) is 20.7 Å². The molecule has 3 aromatic rings. The van der Waals surface area contributed by atoms with Crippen molar-refractivity contribution < 1.29 is 14.0 Å². The molecule has 0 unspecified atom stereocenters. The Bertz CT molecular complexity index is 1180. The molecule has 0 aliphatic rings. The molecule has 0 radical (unpaired) electrons. The van der Waals surface area contributed by atoms with Crippen LogP contribution in [0.25, 0.3) is 5.69 Å².